The van der Waals surface area contributed by atoms with E-state index in [-0.39, 0.29) is 11.2 Å². The van der Waals surface area contributed by atoms with Gasteiger partial charge in [-0.1, -0.05) is 31.6 Å². The summed E-state index contributed by atoms with van der Waals surface area (Å²) in [6, 6.07) is 7.74. The Bertz CT molecular complexity index is 853. The van der Waals surface area contributed by atoms with Gasteiger partial charge in [0, 0.05) is 22.1 Å². The molecule has 0 saturated heterocycles. The normalized spacial score (nSPS) is 17.7. The van der Waals surface area contributed by atoms with E-state index in [4.69, 9.17) is 0 Å². The van der Waals surface area contributed by atoms with Gasteiger partial charge in [-0.25, -0.2) is 4.98 Å². The van der Waals surface area contributed by atoms with Crippen LogP contribution in [0.15, 0.2) is 41.0 Å². The number of fused-ring (bicyclic) bond motifs is 1. The molecule has 2 heteroatoms. The number of phenols is 1. The maximum atomic E-state index is 10.0. The molecular formula is C20H23NO. The Morgan fingerprint density at radius 3 is 2.27 bits per heavy atom. The van der Waals surface area contributed by atoms with Crippen LogP contribution in [0.5, 0.6) is 5.75 Å². The lowest BCUT2D eigenvalue weighted by molar-refractivity contribution is 0.480. The Morgan fingerprint density at radius 2 is 1.68 bits per heavy atom. The van der Waals surface area contributed by atoms with Crippen LogP contribution in [0.4, 0.5) is 0 Å². The Morgan fingerprint density at radius 1 is 1.00 bits per heavy atom. The molecule has 1 aromatic carbocycles. The maximum Gasteiger partial charge on any atom is 0.141 e. The minimum atomic E-state index is 0.0190. The topological polar surface area (TPSA) is 33.1 Å². The fourth-order valence-corrected chi connectivity index (χ4v) is 3.66. The molecule has 0 radical (unpaired) electrons. The van der Waals surface area contributed by atoms with Crippen LogP contribution in [-0.2, 0) is 0 Å². The summed E-state index contributed by atoms with van der Waals surface area (Å²) in [6.45, 7) is 13.2. The summed E-state index contributed by atoms with van der Waals surface area (Å²) in [5.74, 6) is 0.244. The zero-order chi connectivity index (χ0) is 16.2. The minimum absolute atomic E-state index is 0.0190. The smallest absolute Gasteiger partial charge is 0.141 e. The van der Waals surface area contributed by atoms with Gasteiger partial charge in [0.1, 0.15) is 11.3 Å². The van der Waals surface area contributed by atoms with Crippen LogP contribution >= 0.6 is 0 Å². The molecule has 3 rings (SSSR count). The van der Waals surface area contributed by atoms with Crippen molar-refractivity contribution in [3.8, 4) is 5.75 Å². The van der Waals surface area contributed by atoms with Crippen molar-refractivity contribution in [3.63, 3.8) is 0 Å². The largest absolute Gasteiger partial charge is 0.506 e. The number of aromatic nitrogens is 1. The summed E-state index contributed by atoms with van der Waals surface area (Å²) >= 11 is 0. The van der Waals surface area contributed by atoms with Crippen molar-refractivity contribution < 1.29 is 5.11 Å². The Labute approximate surface area is 132 Å². The molecule has 22 heavy (non-hydrogen) atoms. The summed E-state index contributed by atoms with van der Waals surface area (Å²) in [6.07, 6.45) is 0. The van der Waals surface area contributed by atoms with E-state index in [2.05, 4.69) is 45.7 Å². The van der Waals surface area contributed by atoms with E-state index in [1.807, 2.05) is 19.1 Å². The van der Waals surface area contributed by atoms with E-state index >= 15 is 0 Å². The molecule has 2 nitrogen and oxygen atoms in total. The number of phenolic OH excluding ortho intramolecular Hbond substituents is 1. The molecule has 0 fully saturated rings. The summed E-state index contributed by atoms with van der Waals surface area (Å²) in [4.78, 5) is 4.67. The zero-order valence-corrected chi connectivity index (χ0v) is 14.2. The van der Waals surface area contributed by atoms with Crippen LogP contribution < -0.4 is 0 Å². The quantitative estimate of drug-likeness (QED) is 0.763. The summed E-state index contributed by atoms with van der Waals surface area (Å²) < 4.78 is 0. The molecule has 0 saturated carbocycles. The van der Waals surface area contributed by atoms with Crippen LogP contribution in [0.1, 0.15) is 45.9 Å². The highest BCUT2D eigenvalue weighted by molar-refractivity contribution is 5.91. The van der Waals surface area contributed by atoms with E-state index in [9.17, 15) is 5.11 Å². The van der Waals surface area contributed by atoms with Gasteiger partial charge in [-0.05, 0) is 56.5 Å². The molecule has 1 N–H and O–H groups in total. The molecule has 0 aliphatic heterocycles. The number of nitrogens with zero attached hydrogens (tertiary/aromatic N) is 1. The molecule has 0 unspecified atom stereocenters. The number of allylic oxidation sites excluding steroid dienone is 4. The third-order valence-corrected chi connectivity index (χ3v) is 5.35. The lowest BCUT2D eigenvalue weighted by Crippen LogP contribution is -2.14. The number of hydrogen-bond donors (Lipinski definition) is 1. The Kier molecular flexibility index (Phi) is 3.17. The highest BCUT2D eigenvalue weighted by atomic mass is 16.3. The number of aryl methyl sites for hydroxylation is 1. The zero-order valence-electron chi connectivity index (χ0n) is 14.2. The Balaban J connectivity index is 2.31. The van der Waals surface area contributed by atoms with Gasteiger partial charge in [0.05, 0.1) is 0 Å². The van der Waals surface area contributed by atoms with Crippen LogP contribution in [-0.4, -0.2) is 10.1 Å². The number of para-hydroxylation sites is 1. The van der Waals surface area contributed by atoms with Crippen LogP contribution in [0.3, 0.4) is 0 Å². The van der Waals surface area contributed by atoms with E-state index in [0.717, 1.165) is 11.1 Å². The molecule has 1 aromatic heterocycles. The molecule has 0 amide bonds. The van der Waals surface area contributed by atoms with Crippen LogP contribution in [0, 0.1) is 12.3 Å². The van der Waals surface area contributed by atoms with Crippen molar-refractivity contribution in [1.82, 2.24) is 4.98 Å². The maximum absolute atomic E-state index is 10.0. The molecule has 0 bridgehead atoms. The minimum Gasteiger partial charge on any atom is -0.506 e. The summed E-state index contributed by atoms with van der Waals surface area (Å²) in [7, 11) is 0. The number of aromatic hydroxyl groups is 1. The SMILES string of the molecule is CC1=C(C)C(C)(C)C(c2cc3cccc(O)c3nc2C)=C1C. The van der Waals surface area contributed by atoms with Crippen molar-refractivity contribution in [2.24, 2.45) is 5.41 Å². The lowest BCUT2D eigenvalue weighted by atomic mass is 9.77. The van der Waals surface area contributed by atoms with E-state index in [1.165, 1.54) is 27.9 Å². The first kappa shape index (κ1) is 14.8. The van der Waals surface area contributed by atoms with Crippen LogP contribution in [0.2, 0.25) is 0 Å². The van der Waals surface area contributed by atoms with Gasteiger partial charge in [0.2, 0.25) is 0 Å². The number of benzene rings is 1. The summed E-state index contributed by atoms with van der Waals surface area (Å²) in [5, 5.41) is 11.0. The predicted octanol–water partition coefficient (Wildman–Crippen LogP) is 5.40. The molecule has 1 heterocycles. The van der Waals surface area contributed by atoms with Crippen molar-refractivity contribution in [2.45, 2.75) is 41.5 Å². The fraction of sp³-hybridized carbons (Fsp3) is 0.350. The van der Waals surface area contributed by atoms with Crippen molar-refractivity contribution >= 4 is 16.5 Å². The van der Waals surface area contributed by atoms with Crippen molar-refractivity contribution in [2.75, 3.05) is 0 Å². The molecule has 1 aliphatic rings. The number of pyridine rings is 1. The second-order valence-corrected chi connectivity index (χ2v) is 6.85. The number of rotatable bonds is 1. The molecule has 114 valence electrons. The molecular weight excluding hydrogens is 270 g/mol. The standard InChI is InChI=1S/C20H23NO/c1-11-12(2)18(20(5,6)13(11)3)16-10-15-8-7-9-17(22)19(15)21-14(16)4/h7-10,22H,1-6H3. The van der Waals surface area contributed by atoms with E-state index in [0.29, 0.717) is 5.52 Å². The average molecular weight is 293 g/mol. The van der Waals surface area contributed by atoms with Gasteiger partial charge in [0.25, 0.3) is 0 Å². The van der Waals surface area contributed by atoms with Crippen molar-refractivity contribution in [1.29, 1.82) is 0 Å². The predicted molar refractivity (Wildman–Crippen MR) is 92.9 cm³/mol. The second kappa shape index (κ2) is 4.70. The van der Waals surface area contributed by atoms with Gasteiger partial charge in [-0.15, -0.1) is 0 Å². The third-order valence-electron chi connectivity index (χ3n) is 5.35. The van der Waals surface area contributed by atoms with Gasteiger partial charge in [-0.3, -0.25) is 0 Å². The molecule has 1 aliphatic carbocycles. The first-order valence-electron chi connectivity index (χ1n) is 7.74. The number of hydrogen-bond acceptors (Lipinski definition) is 2. The third kappa shape index (κ3) is 1.90. The monoisotopic (exact) mass is 293 g/mol. The molecule has 0 atom stereocenters. The average Bonchev–Trinajstić information content (AvgIpc) is 2.60. The van der Waals surface area contributed by atoms with Crippen LogP contribution in [0.25, 0.3) is 16.5 Å². The molecule has 0 spiro atoms. The van der Waals surface area contributed by atoms with E-state index < -0.39 is 0 Å². The van der Waals surface area contributed by atoms with Crippen molar-refractivity contribution in [3.05, 3.63) is 52.2 Å². The fourth-order valence-electron chi connectivity index (χ4n) is 3.66. The first-order chi connectivity index (χ1) is 10.2. The Hall–Kier alpha value is -2.09. The van der Waals surface area contributed by atoms with Gasteiger partial charge in [0.15, 0.2) is 0 Å². The highest BCUT2D eigenvalue weighted by Crippen LogP contribution is 2.51. The van der Waals surface area contributed by atoms with Gasteiger partial charge < -0.3 is 5.11 Å². The molecule has 2 aromatic rings. The highest BCUT2D eigenvalue weighted by Gasteiger charge is 2.36. The van der Waals surface area contributed by atoms with Gasteiger partial charge in [-0.2, -0.15) is 0 Å². The van der Waals surface area contributed by atoms with Gasteiger partial charge >= 0.3 is 0 Å². The summed E-state index contributed by atoms with van der Waals surface area (Å²) in [5.41, 5.74) is 8.39. The van der Waals surface area contributed by atoms with E-state index in [1.54, 1.807) is 6.07 Å². The second-order valence-electron chi connectivity index (χ2n) is 6.85. The lowest BCUT2D eigenvalue weighted by Gasteiger charge is -2.27. The first-order valence-corrected chi connectivity index (χ1v) is 7.74.